The molecule has 11 aromatic rings. The minimum Gasteiger partial charge on any atom is -0.456 e. The van der Waals surface area contributed by atoms with Crippen LogP contribution >= 0.6 is 0 Å². The smallest absolute Gasteiger partial charge is 0.143 e. The van der Waals surface area contributed by atoms with Crippen LogP contribution in [-0.2, 0) is 0 Å². The first kappa shape index (κ1) is 29.6. The number of fused-ring (bicyclic) bond motifs is 9. The lowest BCUT2D eigenvalue weighted by Crippen LogP contribution is -2.09. The molecule has 3 nitrogen and oxygen atoms in total. The minimum atomic E-state index is 0.859. The molecule has 0 aliphatic carbocycles. The van der Waals surface area contributed by atoms with E-state index in [-0.39, 0.29) is 0 Å². The van der Waals surface area contributed by atoms with E-state index in [4.69, 9.17) is 8.83 Å². The van der Waals surface area contributed by atoms with E-state index < -0.39 is 0 Å². The number of para-hydroxylation sites is 3. The molecule has 9 aromatic carbocycles. The predicted molar refractivity (Wildman–Crippen MR) is 222 cm³/mol. The number of furan rings is 2. The summed E-state index contributed by atoms with van der Waals surface area (Å²) in [5, 5.41) is 9.09. The van der Waals surface area contributed by atoms with Gasteiger partial charge in [0, 0.05) is 32.9 Å². The van der Waals surface area contributed by atoms with E-state index in [1.807, 2.05) is 12.1 Å². The lowest BCUT2D eigenvalue weighted by atomic mass is 9.88. The Hall–Kier alpha value is -7.10. The molecule has 0 unspecified atom stereocenters. The molecule has 2 aromatic heterocycles. The molecule has 0 fully saturated rings. The van der Waals surface area contributed by atoms with Crippen LogP contribution < -0.4 is 4.90 Å². The zero-order chi connectivity index (χ0) is 34.9. The third kappa shape index (κ3) is 4.54. The average Bonchev–Trinajstić information content (AvgIpc) is 3.80. The molecule has 0 bridgehead atoms. The summed E-state index contributed by atoms with van der Waals surface area (Å²) in [5.74, 6) is 0. The Morgan fingerprint density at radius 3 is 1.49 bits per heavy atom. The van der Waals surface area contributed by atoms with Crippen molar-refractivity contribution in [2.45, 2.75) is 0 Å². The van der Waals surface area contributed by atoms with Gasteiger partial charge in [0.05, 0.1) is 11.1 Å². The summed E-state index contributed by atoms with van der Waals surface area (Å²) in [4.78, 5) is 2.33. The van der Waals surface area contributed by atoms with Gasteiger partial charge in [0.1, 0.15) is 22.3 Å². The van der Waals surface area contributed by atoms with Crippen molar-refractivity contribution >= 4 is 82.5 Å². The molecule has 0 saturated heterocycles. The first-order chi connectivity index (χ1) is 26.3. The van der Waals surface area contributed by atoms with Gasteiger partial charge < -0.3 is 13.7 Å². The molecule has 11 rings (SSSR count). The van der Waals surface area contributed by atoms with E-state index in [0.717, 1.165) is 71.7 Å². The van der Waals surface area contributed by atoms with Gasteiger partial charge in [-0.3, -0.25) is 0 Å². The SMILES string of the molecule is c1ccc(N(c2ccccc2)c2cccc3oc4c5ccccc5c(-c5ccc(-c6cccc7oc8ccccc8c67)c6ccccc56)cc4c23)cc1. The van der Waals surface area contributed by atoms with Crippen LogP contribution in [0.4, 0.5) is 17.1 Å². The number of rotatable bonds is 5. The third-order valence-corrected chi connectivity index (χ3v) is 10.7. The van der Waals surface area contributed by atoms with Crippen LogP contribution in [0.25, 0.3) is 87.7 Å². The van der Waals surface area contributed by atoms with Crippen LogP contribution in [0.15, 0.2) is 197 Å². The van der Waals surface area contributed by atoms with Gasteiger partial charge in [-0.25, -0.2) is 0 Å². The van der Waals surface area contributed by atoms with E-state index in [2.05, 4.69) is 181 Å². The van der Waals surface area contributed by atoms with Crippen molar-refractivity contribution in [3.8, 4) is 22.3 Å². The van der Waals surface area contributed by atoms with Crippen molar-refractivity contribution in [1.29, 1.82) is 0 Å². The third-order valence-electron chi connectivity index (χ3n) is 10.7. The molecule has 0 atom stereocenters. The zero-order valence-electron chi connectivity index (χ0n) is 28.7. The Bertz CT molecular complexity index is 3130. The van der Waals surface area contributed by atoms with Crippen LogP contribution in [0.5, 0.6) is 0 Å². The summed E-state index contributed by atoms with van der Waals surface area (Å²) in [6.07, 6.45) is 0. The highest BCUT2D eigenvalue weighted by atomic mass is 16.3. The first-order valence-corrected chi connectivity index (χ1v) is 18.0. The highest BCUT2D eigenvalue weighted by molar-refractivity contribution is 6.24. The standard InChI is InChI=1S/C50H31NO2/c1-3-15-32(16-4-1)51(33-17-5-2-6-18-33)44-25-14-28-47-49(44)43-31-42(36-21-9-10-22-40(36)50(43)53-47)38-30-29-37(34-19-7-8-20-35(34)38)39-24-13-27-46-48(39)41-23-11-12-26-45(41)52-46/h1-31H. The van der Waals surface area contributed by atoms with E-state index in [1.54, 1.807) is 0 Å². The maximum atomic E-state index is 6.82. The Kier molecular flexibility index (Phi) is 6.55. The molecular weight excluding hydrogens is 647 g/mol. The summed E-state index contributed by atoms with van der Waals surface area (Å²) < 4.78 is 13.1. The van der Waals surface area contributed by atoms with Gasteiger partial charge in [-0.05, 0) is 93.0 Å². The number of hydrogen-bond donors (Lipinski definition) is 0. The Morgan fingerprint density at radius 1 is 0.302 bits per heavy atom. The van der Waals surface area contributed by atoms with E-state index in [1.165, 1.54) is 33.0 Å². The summed E-state index contributed by atoms with van der Waals surface area (Å²) in [5.41, 5.74) is 11.5. The number of hydrogen-bond acceptors (Lipinski definition) is 3. The van der Waals surface area contributed by atoms with Crippen molar-refractivity contribution in [1.82, 2.24) is 0 Å². The highest BCUT2D eigenvalue weighted by Crippen LogP contribution is 2.48. The fourth-order valence-electron chi connectivity index (χ4n) is 8.39. The molecule has 0 N–H and O–H groups in total. The second kappa shape index (κ2) is 11.7. The van der Waals surface area contributed by atoms with Gasteiger partial charge in [0.15, 0.2) is 0 Å². The van der Waals surface area contributed by atoms with Crippen LogP contribution in [0.2, 0.25) is 0 Å². The summed E-state index contributed by atoms with van der Waals surface area (Å²) in [6, 6.07) is 66.6. The number of benzene rings is 9. The molecule has 53 heavy (non-hydrogen) atoms. The molecule has 0 saturated carbocycles. The van der Waals surface area contributed by atoms with Crippen LogP contribution in [0.1, 0.15) is 0 Å². The summed E-state index contributed by atoms with van der Waals surface area (Å²) >= 11 is 0. The highest BCUT2D eigenvalue weighted by Gasteiger charge is 2.23. The lowest BCUT2D eigenvalue weighted by molar-refractivity contribution is 0.669. The molecule has 2 heterocycles. The molecule has 3 heteroatoms. The Balaban J connectivity index is 1.19. The summed E-state index contributed by atoms with van der Waals surface area (Å²) in [7, 11) is 0. The van der Waals surface area contributed by atoms with Gasteiger partial charge in [0.25, 0.3) is 0 Å². The van der Waals surface area contributed by atoms with Crippen molar-refractivity contribution in [3.63, 3.8) is 0 Å². The quantitative estimate of drug-likeness (QED) is 0.182. The monoisotopic (exact) mass is 677 g/mol. The zero-order valence-corrected chi connectivity index (χ0v) is 28.7. The van der Waals surface area contributed by atoms with Crippen LogP contribution in [-0.4, -0.2) is 0 Å². The molecular formula is C50H31NO2. The normalized spacial score (nSPS) is 11.8. The molecule has 248 valence electrons. The second-order valence-corrected chi connectivity index (χ2v) is 13.6. The fraction of sp³-hybridized carbons (Fsp3) is 0. The largest absolute Gasteiger partial charge is 0.456 e. The van der Waals surface area contributed by atoms with Gasteiger partial charge in [-0.15, -0.1) is 0 Å². The van der Waals surface area contributed by atoms with Crippen LogP contribution in [0.3, 0.4) is 0 Å². The van der Waals surface area contributed by atoms with E-state index in [0.29, 0.717) is 0 Å². The topological polar surface area (TPSA) is 29.5 Å². The fourth-order valence-corrected chi connectivity index (χ4v) is 8.39. The van der Waals surface area contributed by atoms with Gasteiger partial charge >= 0.3 is 0 Å². The molecule has 0 spiro atoms. The average molecular weight is 678 g/mol. The first-order valence-electron chi connectivity index (χ1n) is 18.0. The van der Waals surface area contributed by atoms with Crippen molar-refractivity contribution in [3.05, 3.63) is 188 Å². The number of nitrogens with zero attached hydrogens (tertiary/aromatic N) is 1. The van der Waals surface area contributed by atoms with Crippen LogP contribution in [0, 0.1) is 0 Å². The van der Waals surface area contributed by atoms with Gasteiger partial charge in [-0.2, -0.15) is 0 Å². The molecule has 0 amide bonds. The number of anilines is 3. The minimum absolute atomic E-state index is 0.859. The van der Waals surface area contributed by atoms with Crippen molar-refractivity contribution in [2.24, 2.45) is 0 Å². The molecule has 0 radical (unpaired) electrons. The maximum absolute atomic E-state index is 6.82. The van der Waals surface area contributed by atoms with Gasteiger partial charge in [-0.1, -0.05) is 133 Å². The molecule has 0 aliphatic rings. The lowest BCUT2D eigenvalue weighted by Gasteiger charge is -2.26. The van der Waals surface area contributed by atoms with E-state index >= 15 is 0 Å². The second-order valence-electron chi connectivity index (χ2n) is 13.6. The Labute approximate surface area is 305 Å². The maximum Gasteiger partial charge on any atom is 0.143 e. The van der Waals surface area contributed by atoms with Crippen molar-refractivity contribution in [2.75, 3.05) is 4.90 Å². The van der Waals surface area contributed by atoms with Crippen molar-refractivity contribution < 1.29 is 8.83 Å². The Morgan fingerprint density at radius 2 is 0.811 bits per heavy atom. The molecule has 0 aliphatic heterocycles. The van der Waals surface area contributed by atoms with E-state index in [9.17, 15) is 0 Å². The predicted octanol–water partition coefficient (Wildman–Crippen LogP) is 14.6. The van der Waals surface area contributed by atoms with Gasteiger partial charge in [0.2, 0.25) is 0 Å². The summed E-state index contributed by atoms with van der Waals surface area (Å²) in [6.45, 7) is 0.